The van der Waals surface area contributed by atoms with E-state index in [0.29, 0.717) is 41.8 Å². The molecule has 3 aromatic carbocycles. The van der Waals surface area contributed by atoms with Crippen LogP contribution in [0.4, 0.5) is 33.1 Å². The zero-order chi connectivity index (χ0) is 29.8. The van der Waals surface area contributed by atoms with Crippen LogP contribution in [0.5, 0.6) is 11.6 Å². The van der Waals surface area contributed by atoms with E-state index in [2.05, 4.69) is 54.9 Å². The standard InChI is InChI=1S/C32H32FN7O3/c1-39-17-19-40(20-18-39)26-4-2-3-25(21-26)37-31-34-16-13-28(38-31)43-27-11-9-24(10-12-27)36-30(42)32(14-15-32)29(41)35-23-7-5-22(33)6-8-23/h2-13,16,21H,14-15,17-20H2,1H3,(H,35,41)(H,36,42)(H,34,37,38). The van der Waals surface area contributed by atoms with Gasteiger partial charge < -0.3 is 30.5 Å². The maximum absolute atomic E-state index is 13.2. The highest BCUT2D eigenvalue weighted by molar-refractivity contribution is 6.16. The second-order valence-electron chi connectivity index (χ2n) is 10.8. The Morgan fingerprint density at radius 3 is 2.14 bits per heavy atom. The molecule has 1 saturated carbocycles. The van der Waals surface area contributed by atoms with Crippen LogP contribution < -0.4 is 25.6 Å². The van der Waals surface area contributed by atoms with E-state index in [4.69, 9.17) is 4.74 Å². The first-order valence-corrected chi connectivity index (χ1v) is 14.2. The van der Waals surface area contributed by atoms with E-state index in [1.54, 1.807) is 36.5 Å². The summed E-state index contributed by atoms with van der Waals surface area (Å²) in [5.74, 6) is 0.0997. The van der Waals surface area contributed by atoms with Crippen LogP contribution in [0, 0.1) is 11.2 Å². The Balaban J connectivity index is 1.04. The van der Waals surface area contributed by atoms with Gasteiger partial charge in [0.15, 0.2) is 0 Å². The molecule has 0 atom stereocenters. The van der Waals surface area contributed by atoms with Crippen LogP contribution in [-0.2, 0) is 9.59 Å². The maximum atomic E-state index is 13.2. The Labute approximate surface area is 248 Å². The van der Waals surface area contributed by atoms with E-state index < -0.39 is 17.1 Å². The minimum atomic E-state index is -1.14. The van der Waals surface area contributed by atoms with Gasteiger partial charge >= 0.3 is 0 Å². The first-order valence-electron chi connectivity index (χ1n) is 14.2. The largest absolute Gasteiger partial charge is 0.439 e. The number of likely N-dealkylation sites (N-methyl/N-ethyl adjacent to an activating group) is 1. The summed E-state index contributed by atoms with van der Waals surface area (Å²) in [6.07, 6.45) is 2.50. The highest BCUT2D eigenvalue weighted by Gasteiger charge is 2.56. The number of benzene rings is 3. The summed E-state index contributed by atoms with van der Waals surface area (Å²) in [4.78, 5) is 39.3. The Hall–Kier alpha value is -5.03. The average Bonchev–Trinajstić information content (AvgIpc) is 3.83. The summed E-state index contributed by atoms with van der Waals surface area (Å²) in [6, 6.07) is 22.1. The van der Waals surface area contributed by atoms with Gasteiger partial charge in [-0.2, -0.15) is 4.98 Å². The van der Waals surface area contributed by atoms with Crippen molar-refractivity contribution >= 4 is 40.5 Å². The van der Waals surface area contributed by atoms with Crippen molar-refractivity contribution in [2.75, 3.05) is 54.1 Å². The number of carbonyl (C=O) groups excluding carboxylic acids is 2. The van der Waals surface area contributed by atoms with Crippen LogP contribution >= 0.6 is 0 Å². The number of hydrogen-bond donors (Lipinski definition) is 3. The van der Waals surface area contributed by atoms with Gasteiger partial charge in [0.1, 0.15) is 17.0 Å². The van der Waals surface area contributed by atoms with Crippen LogP contribution in [0.15, 0.2) is 85.1 Å². The number of halogens is 1. The molecule has 1 saturated heterocycles. The maximum Gasteiger partial charge on any atom is 0.240 e. The van der Waals surface area contributed by atoms with Crippen molar-refractivity contribution in [2.24, 2.45) is 5.41 Å². The molecule has 0 bridgehead atoms. The van der Waals surface area contributed by atoms with Crippen LogP contribution in [0.25, 0.3) is 0 Å². The molecule has 10 nitrogen and oxygen atoms in total. The third-order valence-corrected chi connectivity index (χ3v) is 7.66. The summed E-state index contributed by atoms with van der Waals surface area (Å²) in [5, 5.41) is 8.79. The lowest BCUT2D eigenvalue weighted by Crippen LogP contribution is -2.44. The minimum Gasteiger partial charge on any atom is -0.439 e. The van der Waals surface area contributed by atoms with Crippen LogP contribution in [0.2, 0.25) is 0 Å². The molecule has 11 heteroatoms. The normalized spacial score (nSPS) is 15.8. The summed E-state index contributed by atoms with van der Waals surface area (Å²) >= 11 is 0. The third kappa shape index (κ3) is 6.73. The monoisotopic (exact) mass is 581 g/mol. The number of carbonyl (C=O) groups is 2. The molecular formula is C32H32FN7O3. The Morgan fingerprint density at radius 1 is 0.837 bits per heavy atom. The Kier molecular flexibility index (Phi) is 7.89. The molecule has 0 spiro atoms. The Morgan fingerprint density at radius 2 is 1.49 bits per heavy atom. The summed E-state index contributed by atoms with van der Waals surface area (Å²) in [7, 11) is 2.14. The SMILES string of the molecule is CN1CCN(c2cccc(Nc3nccc(Oc4ccc(NC(=O)C5(C(=O)Nc6ccc(F)cc6)CC5)cc4)n3)c2)CC1. The average molecular weight is 582 g/mol. The second-order valence-corrected chi connectivity index (χ2v) is 10.8. The summed E-state index contributed by atoms with van der Waals surface area (Å²) < 4.78 is 19.1. The molecule has 6 rings (SSSR count). The zero-order valence-corrected chi connectivity index (χ0v) is 23.7. The number of rotatable bonds is 9. The number of amides is 2. The van der Waals surface area contributed by atoms with E-state index in [1.165, 1.54) is 24.3 Å². The fraction of sp³-hybridized carbons (Fsp3) is 0.250. The number of ether oxygens (including phenoxy) is 1. The fourth-order valence-corrected chi connectivity index (χ4v) is 4.88. The van der Waals surface area contributed by atoms with Crippen molar-refractivity contribution in [3.63, 3.8) is 0 Å². The van der Waals surface area contributed by atoms with Gasteiger partial charge in [-0.1, -0.05) is 6.07 Å². The van der Waals surface area contributed by atoms with E-state index in [1.807, 2.05) is 12.1 Å². The predicted molar refractivity (Wildman–Crippen MR) is 163 cm³/mol. The van der Waals surface area contributed by atoms with E-state index in [-0.39, 0.29) is 5.91 Å². The lowest BCUT2D eigenvalue weighted by Gasteiger charge is -2.34. The second kappa shape index (κ2) is 12.1. The van der Waals surface area contributed by atoms with Crippen molar-refractivity contribution in [3.05, 3.63) is 90.9 Å². The van der Waals surface area contributed by atoms with E-state index in [0.717, 1.165) is 37.6 Å². The van der Waals surface area contributed by atoms with Gasteiger partial charge in [0.05, 0.1) is 0 Å². The molecule has 43 heavy (non-hydrogen) atoms. The van der Waals surface area contributed by atoms with Crippen molar-refractivity contribution in [1.29, 1.82) is 0 Å². The van der Waals surface area contributed by atoms with Gasteiger partial charge in [0.25, 0.3) is 0 Å². The molecule has 1 aliphatic carbocycles. The molecule has 0 unspecified atom stereocenters. The minimum absolute atomic E-state index is 0.360. The number of anilines is 5. The highest BCUT2D eigenvalue weighted by Crippen LogP contribution is 2.47. The number of aromatic nitrogens is 2. The van der Waals surface area contributed by atoms with Gasteiger partial charge in [-0.3, -0.25) is 9.59 Å². The van der Waals surface area contributed by atoms with Crippen LogP contribution in [0.1, 0.15) is 12.8 Å². The predicted octanol–water partition coefficient (Wildman–Crippen LogP) is 5.26. The van der Waals surface area contributed by atoms with Gasteiger partial charge in [-0.15, -0.1) is 0 Å². The molecule has 1 aliphatic heterocycles. The van der Waals surface area contributed by atoms with Crippen molar-refractivity contribution in [1.82, 2.24) is 14.9 Å². The lowest BCUT2D eigenvalue weighted by molar-refractivity contribution is -0.131. The number of piperazine rings is 1. The molecule has 2 amide bonds. The van der Waals surface area contributed by atoms with E-state index >= 15 is 0 Å². The smallest absolute Gasteiger partial charge is 0.240 e. The lowest BCUT2D eigenvalue weighted by atomic mass is 10.0. The summed E-state index contributed by atoms with van der Waals surface area (Å²) in [5.41, 5.74) is 1.86. The van der Waals surface area contributed by atoms with Crippen LogP contribution in [0.3, 0.4) is 0 Å². The van der Waals surface area contributed by atoms with Gasteiger partial charge in [-0.25, -0.2) is 9.37 Å². The van der Waals surface area contributed by atoms with Gasteiger partial charge in [0, 0.05) is 61.2 Å². The first kappa shape index (κ1) is 28.1. The molecular weight excluding hydrogens is 549 g/mol. The zero-order valence-electron chi connectivity index (χ0n) is 23.7. The Bertz CT molecular complexity index is 1600. The van der Waals surface area contributed by atoms with E-state index in [9.17, 15) is 14.0 Å². The molecule has 2 fully saturated rings. The topological polar surface area (TPSA) is 112 Å². The van der Waals surface area contributed by atoms with Crippen molar-refractivity contribution in [2.45, 2.75) is 12.8 Å². The molecule has 4 aromatic rings. The van der Waals surface area contributed by atoms with Crippen LogP contribution in [-0.4, -0.2) is 59.9 Å². The molecule has 1 aromatic heterocycles. The fourth-order valence-electron chi connectivity index (χ4n) is 4.88. The first-order chi connectivity index (χ1) is 20.9. The number of nitrogens with zero attached hydrogens (tertiary/aromatic N) is 4. The highest BCUT2D eigenvalue weighted by atomic mass is 19.1. The molecule has 2 aliphatic rings. The van der Waals surface area contributed by atoms with Gasteiger partial charge in [-0.05, 0) is 86.6 Å². The molecule has 2 heterocycles. The molecule has 0 radical (unpaired) electrons. The van der Waals surface area contributed by atoms with Gasteiger partial charge in [0.2, 0.25) is 23.6 Å². The third-order valence-electron chi connectivity index (χ3n) is 7.66. The van der Waals surface area contributed by atoms with Crippen molar-refractivity contribution < 1.29 is 18.7 Å². The molecule has 3 N–H and O–H groups in total. The van der Waals surface area contributed by atoms with Crippen molar-refractivity contribution in [3.8, 4) is 11.6 Å². The quantitative estimate of drug-likeness (QED) is 0.230. The summed E-state index contributed by atoms with van der Waals surface area (Å²) in [6.45, 7) is 4.03. The number of nitrogens with one attached hydrogen (secondary N) is 3. The molecule has 220 valence electrons. The number of hydrogen-bond acceptors (Lipinski definition) is 8.